The van der Waals surface area contributed by atoms with Crippen LogP contribution < -0.4 is 4.90 Å². The molecular formula is C26H26N2O. The van der Waals surface area contributed by atoms with Gasteiger partial charge in [0.1, 0.15) is 11.2 Å². The first-order valence-electron chi connectivity index (χ1n) is 10.6. The van der Waals surface area contributed by atoms with Gasteiger partial charge in [0, 0.05) is 22.5 Å². The molecule has 4 aromatic rings. The van der Waals surface area contributed by atoms with Crippen LogP contribution in [0.4, 0.5) is 5.69 Å². The summed E-state index contributed by atoms with van der Waals surface area (Å²) in [6.45, 7) is 4.58. The minimum absolute atomic E-state index is 0.328. The Labute approximate surface area is 171 Å². The van der Waals surface area contributed by atoms with Crippen molar-refractivity contribution in [3.05, 3.63) is 77.4 Å². The minimum atomic E-state index is 0.328. The molecule has 0 spiro atoms. The van der Waals surface area contributed by atoms with Crippen LogP contribution in [0.5, 0.6) is 0 Å². The Bertz CT molecular complexity index is 1240. The smallest absolute Gasteiger partial charge is 0.135 e. The van der Waals surface area contributed by atoms with Crippen molar-refractivity contribution in [2.75, 3.05) is 11.9 Å². The summed E-state index contributed by atoms with van der Waals surface area (Å²) in [6, 6.07) is 22.9. The maximum absolute atomic E-state index is 6.14. The zero-order valence-corrected chi connectivity index (χ0v) is 17.2. The van der Waals surface area contributed by atoms with Gasteiger partial charge in [-0.2, -0.15) is 0 Å². The van der Waals surface area contributed by atoms with Gasteiger partial charge in [-0.3, -0.25) is 4.90 Å². The summed E-state index contributed by atoms with van der Waals surface area (Å²) in [6.07, 6.45) is 2.74. The lowest BCUT2D eigenvalue weighted by Crippen LogP contribution is -2.43. The molecule has 3 aromatic carbocycles. The molecule has 1 aromatic heterocycles. The number of para-hydroxylation sites is 1. The van der Waals surface area contributed by atoms with Crippen molar-refractivity contribution in [3.8, 4) is 0 Å². The van der Waals surface area contributed by atoms with Crippen molar-refractivity contribution in [2.45, 2.75) is 44.9 Å². The first-order valence-corrected chi connectivity index (χ1v) is 10.6. The molecule has 2 aliphatic heterocycles. The lowest BCUT2D eigenvalue weighted by atomic mass is 9.84. The van der Waals surface area contributed by atoms with Crippen molar-refractivity contribution in [3.63, 3.8) is 0 Å². The normalized spacial score (nSPS) is 24.2. The molecule has 1 aliphatic carbocycles. The van der Waals surface area contributed by atoms with E-state index in [9.17, 15) is 0 Å². The Morgan fingerprint density at radius 1 is 0.828 bits per heavy atom. The number of hydrogen-bond donors (Lipinski definition) is 0. The summed E-state index contributed by atoms with van der Waals surface area (Å²) < 4.78 is 6.14. The van der Waals surface area contributed by atoms with Gasteiger partial charge in [-0.1, -0.05) is 42.5 Å². The highest BCUT2D eigenvalue weighted by Gasteiger charge is 2.41. The van der Waals surface area contributed by atoms with E-state index in [-0.39, 0.29) is 0 Å². The van der Waals surface area contributed by atoms with Gasteiger partial charge in [0.2, 0.25) is 0 Å². The number of hydrogen-bond acceptors (Lipinski definition) is 3. The average molecular weight is 383 g/mol. The average Bonchev–Trinajstić information content (AvgIpc) is 3.01. The predicted octanol–water partition coefficient (Wildman–Crippen LogP) is 6.57. The zero-order valence-electron chi connectivity index (χ0n) is 17.2. The van der Waals surface area contributed by atoms with Gasteiger partial charge in [0.15, 0.2) is 0 Å². The van der Waals surface area contributed by atoms with Crippen LogP contribution in [0.3, 0.4) is 0 Å². The second kappa shape index (κ2) is 6.11. The van der Waals surface area contributed by atoms with E-state index in [1.807, 2.05) is 6.07 Å². The fourth-order valence-corrected chi connectivity index (χ4v) is 5.68. The molecule has 3 nitrogen and oxygen atoms in total. The van der Waals surface area contributed by atoms with Crippen LogP contribution in [-0.4, -0.2) is 18.1 Å². The van der Waals surface area contributed by atoms with Crippen molar-refractivity contribution < 1.29 is 4.42 Å². The van der Waals surface area contributed by atoms with Gasteiger partial charge in [-0.15, -0.1) is 0 Å². The fraction of sp³-hybridized carbons (Fsp3) is 0.308. The Hall–Kier alpha value is -2.78. The van der Waals surface area contributed by atoms with Crippen LogP contribution in [0.25, 0.3) is 21.9 Å². The number of fused-ring (bicyclic) bond motifs is 6. The van der Waals surface area contributed by atoms with E-state index in [0.717, 1.165) is 11.2 Å². The van der Waals surface area contributed by atoms with Crippen LogP contribution in [0.2, 0.25) is 0 Å². The lowest BCUT2D eigenvalue weighted by molar-refractivity contribution is 0.191. The Kier molecular flexibility index (Phi) is 3.60. The Balaban J connectivity index is 1.60. The second-order valence-electron chi connectivity index (χ2n) is 8.68. The number of aryl methyl sites for hydroxylation is 1. The molecule has 0 amide bonds. The van der Waals surface area contributed by atoms with Crippen LogP contribution >= 0.6 is 0 Å². The van der Waals surface area contributed by atoms with E-state index in [1.165, 1.54) is 46.0 Å². The van der Waals surface area contributed by atoms with Crippen molar-refractivity contribution in [1.29, 1.82) is 0 Å². The van der Waals surface area contributed by atoms with Gasteiger partial charge < -0.3 is 9.32 Å². The van der Waals surface area contributed by atoms with Crippen LogP contribution in [0, 0.1) is 6.92 Å². The highest BCUT2D eigenvalue weighted by Crippen LogP contribution is 2.49. The second-order valence-corrected chi connectivity index (χ2v) is 8.68. The molecule has 3 heteroatoms. The first-order chi connectivity index (χ1) is 14.1. The third kappa shape index (κ3) is 2.34. The Morgan fingerprint density at radius 3 is 2.34 bits per heavy atom. The van der Waals surface area contributed by atoms with E-state index in [4.69, 9.17) is 4.42 Å². The molecule has 2 bridgehead atoms. The molecule has 3 unspecified atom stereocenters. The standard InChI is InChI=1S/C26H26N2O/c1-16-14-26-21(20-10-6-7-11-25(20)29-26)15-24(16)28-17(2)27(3)22-12-13-23(28)19-9-5-4-8-18(19)22/h4-11,14-15,17,22-23H,12-13H2,1-3H3. The van der Waals surface area contributed by atoms with Crippen LogP contribution in [0.1, 0.15) is 48.5 Å². The quantitative estimate of drug-likeness (QED) is 0.371. The third-order valence-corrected chi connectivity index (χ3v) is 7.22. The Morgan fingerprint density at radius 2 is 1.52 bits per heavy atom. The highest BCUT2D eigenvalue weighted by molar-refractivity contribution is 6.06. The van der Waals surface area contributed by atoms with E-state index in [1.54, 1.807) is 0 Å². The monoisotopic (exact) mass is 382 g/mol. The van der Waals surface area contributed by atoms with Crippen molar-refractivity contribution in [2.24, 2.45) is 0 Å². The maximum atomic E-state index is 6.14. The van der Waals surface area contributed by atoms with Crippen molar-refractivity contribution >= 4 is 27.6 Å². The summed E-state index contributed by atoms with van der Waals surface area (Å²) in [5.41, 5.74) is 7.55. The number of anilines is 1. The first kappa shape index (κ1) is 17.1. The summed E-state index contributed by atoms with van der Waals surface area (Å²) in [4.78, 5) is 5.21. The lowest BCUT2D eigenvalue weighted by Gasteiger charge is -2.39. The summed E-state index contributed by atoms with van der Waals surface area (Å²) >= 11 is 0. The van der Waals surface area contributed by atoms with Gasteiger partial charge in [-0.25, -0.2) is 0 Å². The number of furan rings is 1. The summed E-state index contributed by atoms with van der Waals surface area (Å²) in [7, 11) is 2.29. The SMILES string of the molecule is Cc1cc2oc3ccccc3c2cc1N1C2CCC(c3ccccc32)N(C)C1C. The number of nitrogens with zero attached hydrogens (tertiary/aromatic N) is 2. The third-order valence-electron chi connectivity index (χ3n) is 7.22. The number of benzene rings is 3. The molecular weight excluding hydrogens is 356 g/mol. The molecule has 3 heterocycles. The maximum Gasteiger partial charge on any atom is 0.135 e. The van der Waals surface area contributed by atoms with E-state index >= 15 is 0 Å². The van der Waals surface area contributed by atoms with Crippen molar-refractivity contribution in [1.82, 2.24) is 4.90 Å². The molecule has 0 saturated carbocycles. The predicted molar refractivity (Wildman–Crippen MR) is 119 cm³/mol. The topological polar surface area (TPSA) is 19.6 Å². The highest BCUT2D eigenvalue weighted by atomic mass is 16.3. The molecule has 0 N–H and O–H groups in total. The van der Waals surface area contributed by atoms with E-state index < -0.39 is 0 Å². The van der Waals surface area contributed by atoms with Gasteiger partial charge >= 0.3 is 0 Å². The van der Waals surface area contributed by atoms with Gasteiger partial charge in [0.05, 0.1) is 12.2 Å². The zero-order chi connectivity index (χ0) is 19.7. The largest absolute Gasteiger partial charge is 0.456 e. The molecule has 29 heavy (non-hydrogen) atoms. The van der Waals surface area contributed by atoms with Crippen LogP contribution in [-0.2, 0) is 0 Å². The van der Waals surface area contributed by atoms with Gasteiger partial charge in [-0.05, 0) is 68.6 Å². The number of rotatable bonds is 1. The molecule has 0 radical (unpaired) electrons. The molecule has 3 aliphatic rings. The fourth-order valence-electron chi connectivity index (χ4n) is 5.68. The molecule has 1 fully saturated rings. The molecule has 7 rings (SSSR count). The molecule has 1 saturated heterocycles. The minimum Gasteiger partial charge on any atom is -0.456 e. The van der Waals surface area contributed by atoms with Gasteiger partial charge in [0.25, 0.3) is 0 Å². The molecule has 146 valence electrons. The molecule has 3 atom stereocenters. The summed E-state index contributed by atoms with van der Waals surface area (Å²) in [5, 5.41) is 2.41. The van der Waals surface area contributed by atoms with Crippen LogP contribution in [0.15, 0.2) is 65.1 Å². The van der Waals surface area contributed by atoms with E-state index in [0.29, 0.717) is 18.2 Å². The van der Waals surface area contributed by atoms with E-state index in [2.05, 4.69) is 85.3 Å². The summed E-state index contributed by atoms with van der Waals surface area (Å²) in [5.74, 6) is 0.